The summed E-state index contributed by atoms with van der Waals surface area (Å²) in [6.07, 6.45) is -0.310. The smallest absolute Gasteiger partial charge is 0.306 e. The lowest BCUT2D eigenvalue weighted by atomic mass is 10.1. The number of aliphatic carboxylic acids is 2. The fourth-order valence-corrected chi connectivity index (χ4v) is 0.349. The molecule has 0 aromatic carbocycles. The van der Waals surface area contributed by atoms with E-state index in [9.17, 15) is 9.59 Å². The number of carboxylic acid groups (broad SMARTS) is 2. The maximum absolute atomic E-state index is 9.97. The van der Waals surface area contributed by atoms with Crippen LogP contribution >= 0.6 is 12.4 Å². The monoisotopic (exact) mass is 168 g/mol. The summed E-state index contributed by atoms with van der Waals surface area (Å²) in [6.45, 7) is 1.36. The minimum absolute atomic E-state index is 0. The Morgan fingerprint density at radius 1 is 1.40 bits per heavy atom. The number of carbonyl (C=O) groups is 2. The van der Waals surface area contributed by atoms with Crippen molar-refractivity contribution in [3.63, 3.8) is 0 Å². The molecular weight excluding hydrogens is 160 g/mol. The van der Waals surface area contributed by atoms with Gasteiger partial charge in [0.25, 0.3) is 0 Å². The van der Waals surface area contributed by atoms with Gasteiger partial charge in [-0.15, -0.1) is 12.4 Å². The van der Waals surface area contributed by atoms with E-state index in [-0.39, 0.29) is 18.8 Å². The molecule has 0 heterocycles. The molecule has 0 aliphatic rings. The van der Waals surface area contributed by atoms with Crippen LogP contribution in [0, 0.1) is 5.92 Å². The van der Waals surface area contributed by atoms with Crippen LogP contribution in [-0.4, -0.2) is 22.2 Å². The molecule has 0 aliphatic carbocycles. The standard InChI is InChI=1S/C5H8O4.ClH/c1-3(5(8)9)2-4(6)7;/h3H,2H2,1H3,(H,6,7)(H,8,9);1H. The van der Waals surface area contributed by atoms with Crippen LogP contribution in [0.1, 0.15) is 13.3 Å². The quantitative estimate of drug-likeness (QED) is 0.647. The first-order chi connectivity index (χ1) is 4.04. The van der Waals surface area contributed by atoms with Crippen molar-refractivity contribution in [1.82, 2.24) is 0 Å². The molecule has 60 valence electrons. The largest absolute Gasteiger partial charge is 0.481 e. The summed E-state index contributed by atoms with van der Waals surface area (Å²) in [5, 5.41) is 16.2. The highest BCUT2D eigenvalue weighted by Gasteiger charge is 2.13. The Morgan fingerprint density at radius 2 is 1.80 bits per heavy atom. The van der Waals surface area contributed by atoms with Gasteiger partial charge in [-0.3, -0.25) is 9.59 Å². The average molecular weight is 169 g/mol. The van der Waals surface area contributed by atoms with Gasteiger partial charge in [-0.1, -0.05) is 6.92 Å². The van der Waals surface area contributed by atoms with Gasteiger partial charge in [0, 0.05) is 0 Å². The lowest BCUT2D eigenvalue weighted by Crippen LogP contribution is -2.13. The Hall–Kier alpha value is -0.770. The molecule has 0 aliphatic heterocycles. The highest BCUT2D eigenvalue weighted by atomic mass is 35.5. The van der Waals surface area contributed by atoms with Crippen molar-refractivity contribution in [3.05, 3.63) is 0 Å². The molecule has 0 radical (unpaired) electrons. The van der Waals surface area contributed by atoms with Crippen molar-refractivity contribution in [2.45, 2.75) is 13.3 Å². The second kappa shape index (κ2) is 5.05. The second-order valence-corrected chi connectivity index (χ2v) is 1.84. The van der Waals surface area contributed by atoms with Gasteiger partial charge in [-0.2, -0.15) is 0 Å². The predicted molar refractivity (Wildman–Crippen MR) is 36.3 cm³/mol. The molecule has 0 aromatic heterocycles. The molecule has 0 fully saturated rings. The summed E-state index contributed by atoms with van der Waals surface area (Å²) in [5.74, 6) is -2.94. The summed E-state index contributed by atoms with van der Waals surface area (Å²) < 4.78 is 0. The molecule has 5 heteroatoms. The Morgan fingerprint density at radius 3 is 1.90 bits per heavy atom. The molecule has 0 rings (SSSR count). The van der Waals surface area contributed by atoms with Crippen LogP contribution in [0.15, 0.2) is 0 Å². The van der Waals surface area contributed by atoms with Crippen LogP contribution in [0.2, 0.25) is 0 Å². The fourth-order valence-electron chi connectivity index (χ4n) is 0.349. The second-order valence-electron chi connectivity index (χ2n) is 1.84. The van der Waals surface area contributed by atoms with Gasteiger partial charge in [0.05, 0.1) is 12.3 Å². The van der Waals surface area contributed by atoms with Crippen molar-refractivity contribution < 1.29 is 19.8 Å². The summed E-state index contributed by atoms with van der Waals surface area (Å²) in [6, 6.07) is 0. The van der Waals surface area contributed by atoms with E-state index >= 15 is 0 Å². The van der Waals surface area contributed by atoms with Crippen LogP contribution in [0.4, 0.5) is 0 Å². The number of halogens is 1. The molecule has 0 saturated carbocycles. The Kier molecular flexibility index (Phi) is 6.04. The van der Waals surface area contributed by atoms with Gasteiger partial charge in [0.15, 0.2) is 0 Å². The van der Waals surface area contributed by atoms with Crippen molar-refractivity contribution in [1.29, 1.82) is 0 Å². The van der Waals surface area contributed by atoms with Crippen LogP contribution in [0.3, 0.4) is 0 Å². The van der Waals surface area contributed by atoms with Crippen molar-refractivity contribution in [2.24, 2.45) is 5.92 Å². The fraction of sp³-hybridized carbons (Fsp3) is 0.600. The summed E-state index contributed by atoms with van der Waals surface area (Å²) in [5.41, 5.74) is 0. The number of hydrogen-bond donors (Lipinski definition) is 2. The van der Waals surface area contributed by atoms with E-state index in [4.69, 9.17) is 10.2 Å². The van der Waals surface area contributed by atoms with E-state index in [1.807, 2.05) is 0 Å². The van der Waals surface area contributed by atoms with Crippen LogP contribution in [0.25, 0.3) is 0 Å². The predicted octanol–water partition coefficient (Wildman–Crippen LogP) is 0.604. The average Bonchev–Trinajstić information content (AvgIpc) is 1.63. The molecule has 0 bridgehead atoms. The molecule has 0 saturated heterocycles. The molecule has 4 nitrogen and oxygen atoms in total. The van der Waals surface area contributed by atoms with Crippen LogP contribution in [-0.2, 0) is 9.59 Å². The highest BCUT2D eigenvalue weighted by molar-refractivity contribution is 5.85. The SMILES string of the molecule is CC(CC(=O)O)C(=O)O.Cl. The van der Waals surface area contributed by atoms with Gasteiger partial charge >= 0.3 is 11.9 Å². The number of carboxylic acids is 2. The summed E-state index contributed by atoms with van der Waals surface area (Å²) in [7, 11) is 0. The number of rotatable bonds is 3. The molecule has 2 N–H and O–H groups in total. The first kappa shape index (κ1) is 12.0. The molecule has 10 heavy (non-hydrogen) atoms. The van der Waals surface area contributed by atoms with E-state index in [1.54, 1.807) is 0 Å². The maximum atomic E-state index is 9.97. The third-order valence-electron chi connectivity index (χ3n) is 0.902. The first-order valence-corrected chi connectivity index (χ1v) is 2.48. The Labute approximate surface area is 64.3 Å². The lowest BCUT2D eigenvalue weighted by Gasteiger charge is -1.98. The zero-order chi connectivity index (χ0) is 7.44. The number of hydrogen-bond acceptors (Lipinski definition) is 2. The molecule has 0 amide bonds. The minimum atomic E-state index is -1.08. The van der Waals surface area contributed by atoms with E-state index in [1.165, 1.54) is 6.92 Å². The highest BCUT2D eigenvalue weighted by Crippen LogP contribution is 1.99. The summed E-state index contributed by atoms with van der Waals surface area (Å²) in [4.78, 5) is 19.8. The van der Waals surface area contributed by atoms with Gasteiger partial charge in [-0.05, 0) is 0 Å². The van der Waals surface area contributed by atoms with E-state index in [0.29, 0.717) is 0 Å². The molecule has 0 spiro atoms. The maximum Gasteiger partial charge on any atom is 0.306 e. The summed E-state index contributed by atoms with van der Waals surface area (Å²) >= 11 is 0. The van der Waals surface area contributed by atoms with E-state index in [2.05, 4.69) is 0 Å². The third kappa shape index (κ3) is 5.37. The topological polar surface area (TPSA) is 74.6 Å². The van der Waals surface area contributed by atoms with Crippen LogP contribution in [0.5, 0.6) is 0 Å². The zero-order valence-electron chi connectivity index (χ0n) is 5.40. The van der Waals surface area contributed by atoms with Crippen molar-refractivity contribution in [2.75, 3.05) is 0 Å². The molecule has 1 unspecified atom stereocenters. The van der Waals surface area contributed by atoms with E-state index in [0.717, 1.165) is 0 Å². The Balaban J connectivity index is 0. The molecular formula is C5H9ClO4. The van der Waals surface area contributed by atoms with Gasteiger partial charge in [0.1, 0.15) is 0 Å². The third-order valence-corrected chi connectivity index (χ3v) is 0.902. The molecule has 0 aromatic rings. The van der Waals surface area contributed by atoms with E-state index < -0.39 is 17.9 Å². The van der Waals surface area contributed by atoms with Gasteiger partial charge in [0.2, 0.25) is 0 Å². The van der Waals surface area contributed by atoms with Gasteiger partial charge < -0.3 is 10.2 Å². The van der Waals surface area contributed by atoms with Crippen molar-refractivity contribution >= 4 is 24.3 Å². The lowest BCUT2D eigenvalue weighted by molar-refractivity contribution is -0.147. The zero-order valence-corrected chi connectivity index (χ0v) is 6.22. The van der Waals surface area contributed by atoms with Crippen LogP contribution < -0.4 is 0 Å². The van der Waals surface area contributed by atoms with Gasteiger partial charge in [-0.25, -0.2) is 0 Å². The van der Waals surface area contributed by atoms with Crippen molar-refractivity contribution in [3.8, 4) is 0 Å². The first-order valence-electron chi connectivity index (χ1n) is 2.48. The Bertz CT molecular complexity index is 134. The minimum Gasteiger partial charge on any atom is -0.481 e. The molecule has 1 atom stereocenters. The normalized spacial score (nSPS) is 11.3.